The molecule has 0 aromatic carbocycles. The maximum atomic E-state index is 11.7. The zero-order valence-corrected chi connectivity index (χ0v) is 8.20. The number of thioether (sulfide) groups is 1. The number of alkyl halides is 3. The van der Waals surface area contributed by atoms with Crippen LogP contribution in [0.15, 0.2) is 20.1 Å². The van der Waals surface area contributed by atoms with Crippen LogP contribution >= 0.6 is 39.0 Å². The quantitative estimate of drug-likeness (QED) is 0.687. The van der Waals surface area contributed by atoms with Gasteiger partial charge in [0.1, 0.15) is 0 Å². The Hall–Kier alpha value is 0.320. The molecule has 1 rings (SSSR count). The van der Waals surface area contributed by atoms with Crippen molar-refractivity contribution in [3.63, 3.8) is 0 Å². The van der Waals surface area contributed by atoms with Crippen molar-refractivity contribution in [3.05, 3.63) is 15.2 Å². The third-order valence-corrected chi connectivity index (χ3v) is 3.13. The topological polar surface area (TPSA) is 0 Å². The van der Waals surface area contributed by atoms with Crippen LogP contribution < -0.4 is 0 Å². The van der Waals surface area contributed by atoms with Crippen molar-refractivity contribution in [3.8, 4) is 0 Å². The molecule has 0 N–H and O–H groups in total. The molecular weight excluding hydrogens is 261 g/mol. The Balaban J connectivity index is 2.65. The molecule has 0 amide bonds. The lowest BCUT2D eigenvalue weighted by atomic mass is 10.7. The average molecular weight is 263 g/mol. The largest absolute Gasteiger partial charge is 0.446 e. The fraction of sp³-hybridized carbons (Fsp3) is 0.200. The summed E-state index contributed by atoms with van der Waals surface area (Å²) in [4.78, 5) is 0.231. The minimum absolute atomic E-state index is 0.0980. The highest BCUT2D eigenvalue weighted by Gasteiger charge is 2.29. The van der Waals surface area contributed by atoms with E-state index in [-0.39, 0.29) is 16.7 Å². The van der Waals surface area contributed by atoms with Gasteiger partial charge in [-0.2, -0.15) is 13.2 Å². The maximum Gasteiger partial charge on any atom is 0.446 e. The van der Waals surface area contributed by atoms with E-state index in [0.717, 1.165) is 0 Å². The van der Waals surface area contributed by atoms with Gasteiger partial charge in [-0.05, 0) is 33.8 Å². The van der Waals surface area contributed by atoms with Crippen molar-refractivity contribution >= 4 is 39.0 Å². The van der Waals surface area contributed by atoms with Crippen LogP contribution in [-0.2, 0) is 0 Å². The highest BCUT2D eigenvalue weighted by atomic mass is 79.9. The summed E-state index contributed by atoms with van der Waals surface area (Å²) in [6.45, 7) is 0. The second-order valence-corrected chi connectivity index (χ2v) is 5.06. The summed E-state index contributed by atoms with van der Waals surface area (Å²) < 4.78 is 35.8. The predicted molar refractivity (Wildman–Crippen MR) is 43.9 cm³/mol. The molecule has 1 aromatic heterocycles. The lowest BCUT2D eigenvalue weighted by Crippen LogP contribution is -1.97. The predicted octanol–water partition coefficient (Wildman–Crippen LogP) is 4.12. The number of hydrogen-bond donors (Lipinski definition) is 0. The van der Waals surface area contributed by atoms with Crippen molar-refractivity contribution in [2.75, 3.05) is 0 Å². The summed E-state index contributed by atoms with van der Waals surface area (Å²) in [5, 5.41) is 1.46. The smallest absolute Gasteiger partial charge is 0.160 e. The van der Waals surface area contributed by atoms with E-state index in [1.54, 1.807) is 0 Å². The zero-order chi connectivity index (χ0) is 8.48. The van der Waals surface area contributed by atoms with Gasteiger partial charge in [-0.15, -0.1) is 11.3 Å². The van der Waals surface area contributed by atoms with Gasteiger partial charge in [0.2, 0.25) is 0 Å². The normalized spacial score (nSPS) is 12.0. The molecule has 0 fully saturated rings. The highest BCUT2D eigenvalue weighted by molar-refractivity contribution is 9.11. The molecule has 0 bridgehead atoms. The zero-order valence-electron chi connectivity index (χ0n) is 4.98. The third-order valence-electron chi connectivity index (χ3n) is 0.777. The SMILES string of the molecule is FC(F)(F)Sc1csc(Br)c1. The lowest BCUT2D eigenvalue weighted by molar-refractivity contribution is -0.0327. The van der Waals surface area contributed by atoms with Gasteiger partial charge in [-0.25, -0.2) is 0 Å². The van der Waals surface area contributed by atoms with Gasteiger partial charge in [-0.3, -0.25) is 0 Å². The summed E-state index contributed by atoms with van der Waals surface area (Å²) in [5.74, 6) is 0. The number of rotatable bonds is 1. The van der Waals surface area contributed by atoms with Gasteiger partial charge in [-0.1, -0.05) is 0 Å². The van der Waals surface area contributed by atoms with E-state index < -0.39 is 5.51 Å². The van der Waals surface area contributed by atoms with Crippen LogP contribution in [0, 0.1) is 0 Å². The van der Waals surface area contributed by atoms with Gasteiger partial charge in [0.05, 0.1) is 3.79 Å². The Kier molecular flexibility index (Phi) is 2.88. The lowest BCUT2D eigenvalue weighted by Gasteiger charge is -2.01. The fourth-order valence-electron chi connectivity index (χ4n) is 0.481. The van der Waals surface area contributed by atoms with Crippen LogP contribution in [0.25, 0.3) is 0 Å². The van der Waals surface area contributed by atoms with Gasteiger partial charge < -0.3 is 0 Å². The molecule has 0 aliphatic carbocycles. The van der Waals surface area contributed by atoms with Crippen molar-refractivity contribution in [1.82, 2.24) is 0 Å². The number of thiophene rings is 1. The summed E-state index contributed by atoms with van der Waals surface area (Å²) in [6.07, 6.45) is 0. The standard InChI is InChI=1S/C5H2BrF3S2/c6-4-1-3(2-10-4)11-5(7,8)9/h1-2H. The monoisotopic (exact) mass is 262 g/mol. The molecule has 0 aliphatic rings. The first-order valence-electron chi connectivity index (χ1n) is 2.47. The van der Waals surface area contributed by atoms with E-state index >= 15 is 0 Å². The Labute approximate surface area is 77.9 Å². The second-order valence-electron chi connectivity index (χ2n) is 1.63. The van der Waals surface area contributed by atoms with Gasteiger partial charge in [0, 0.05) is 10.3 Å². The molecule has 0 aliphatic heterocycles. The van der Waals surface area contributed by atoms with Crippen molar-refractivity contribution in [2.24, 2.45) is 0 Å². The van der Waals surface area contributed by atoms with Crippen molar-refractivity contribution < 1.29 is 13.2 Å². The van der Waals surface area contributed by atoms with E-state index in [1.165, 1.54) is 22.8 Å². The van der Waals surface area contributed by atoms with E-state index in [0.29, 0.717) is 3.79 Å². The van der Waals surface area contributed by atoms with Crippen LogP contribution in [0.2, 0.25) is 0 Å². The Morgan fingerprint density at radius 3 is 2.45 bits per heavy atom. The Bertz CT molecular complexity index is 242. The molecule has 11 heavy (non-hydrogen) atoms. The molecule has 0 unspecified atom stereocenters. The van der Waals surface area contributed by atoms with Gasteiger partial charge in [0.15, 0.2) is 0 Å². The average Bonchev–Trinajstić information content (AvgIpc) is 2.10. The second kappa shape index (κ2) is 3.37. The molecule has 1 heterocycles. The molecule has 0 saturated heterocycles. The summed E-state index contributed by atoms with van der Waals surface area (Å²) in [7, 11) is 0. The molecular formula is C5H2BrF3S2. The Morgan fingerprint density at radius 2 is 2.09 bits per heavy atom. The molecule has 0 saturated carbocycles. The highest BCUT2D eigenvalue weighted by Crippen LogP contribution is 2.39. The molecule has 6 heteroatoms. The minimum atomic E-state index is -4.18. The van der Waals surface area contributed by atoms with Crippen LogP contribution in [0.1, 0.15) is 0 Å². The van der Waals surface area contributed by atoms with Crippen LogP contribution in [-0.4, -0.2) is 5.51 Å². The maximum absolute atomic E-state index is 11.7. The van der Waals surface area contributed by atoms with Gasteiger partial charge >= 0.3 is 5.51 Å². The number of halogens is 4. The third kappa shape index (κ3) is 3.48. The van der Waals surface area contributed by atoms with E-state index in [4.69, 9.17) is 0 Å². The number of hydrogen-bond acceptors (Lipinski definition) is 2. The molecule has 0 nitrogen and oxygen atoms in total. The first kappa shape index (κ1) is 9.41. The molecule has 0 spiro atoms. The van der Waals surface area contributed by atoms with E-state index in [9.17, 15) is 13.2 Å². The summed E-state index contributed by atoms with van der Waals surface area (Å²) in [5.41, 5.74) is -4.18. The van der Waals surface area contributed by atoms with Crippen molar-refractivity contribution in [1.29, 1.82) is 0 Å². The van der Waals surface area contributed by atoms with Crippen molar-refractivity contribution in [2.45, 2.75) is 10.4 Å². The molecule has 1 aromatic rings. The molecule has 0 atom stereocenters. The molecule has 62 valence electrons. The summed E-state index contributed by atoms with van der Waals surface area (Å²) in [6, 6.07) is 1.45. The Morgan fingerprint density at radius 1 is 1.45 bits per heavy atom. The first-order valence-corrected chi connectivity index (χ1v) is 4.96. The van der Waals surface area contributed by atoms with Crippen LogP contribution in [0.3, 0.4) is 0 Å². The van der Waals surface area contributed by atoms with Crippen LogP contribution in [0.5, 0.6) is 0 Å². The molecule has 0 radical (unpaired) electrons. The first-order chi connectivity index (χ1) is 4.97. The fourth-order valence-corrected chi connectivity index (χ4v) is 2.51. The summed E-state index contributed by atoms with van der Waals surface area (Å²) >= 11 is 4.22. The van der Waals surface area contributed by atoms with E-state index in [2.05, 4.69) is 15.9 Å². The van der Waals surface area contributed by atoms with E-state index in [1.807, 2.05) is 0 Å². The van der Waals surface area contributed by atoms with Crippen LogP contribution in [0.4, 0.5) is 13.2 Å². The van der Waals surface area contributed by atoms with Gasteiger partial charge in [0.25, 0.3) is 0 Å². The minimum Gasteiger partial charge on any atom is -0.160 e.